The molecule has 1 fully saturated rings. The van der Waals surface area contributed by atoms with Crippen molar-refractivity contribution in [2.45, 2.75) is 157 Å². The third-order valence-corrected chi connectivity index (χ3v) is 380. The first kappa shape index (κ1) is 36.6. The van der Waals surface area contributed by atoms with E-state index in [0.717, 1.165) is 0 Å². The Morgan fingerprint density at radius 2 is 0.583 bits per heavy atom. The quantitative estimate of drug-likeness (QED) is 0.233. The van der Waals surface area contributed by atoms with Crippen LogP contribution in [-0.2, 0) is 0 Å². The van der Waals surface area contributed by atoms with Crippen molar-refractivity contribution in [3.8, 4) is 0 Å². The van der Waals surface area contributed by atoms with Gasteiger partial charge in [-0.2, -0.15) is 0 Å². The maximum atomic E-state index is 3.27. The summed E-state index contributed by atoms with van der Waals surface area (Å²) in [5.74, 6) is 0. The van der Waals surface area contributed by atoms with E-state index in [2.05, 4.69) is 157 Å². The summed E-state index contributed by atoms with van der Waals surface area (Å²) in [6.45, 7) is 71.2. The topological polar surface area (TPSA) is 0 Å². The Bertz CT molecular complexity index is 804. The van der Waals surface area contributed by atoms with Gasteiger partial charge in [-0.05, 0) is 0 Å². The molecule has 0 radical (unpaired) electrons. The minimum Gasteiger partial charge on any atom is -0.0753 e. The van der Waals surface area contributed by atoms with Crippen LogP contribution in [0, 0.1) is 0 Å². The van der Waals surface area contributed by atoms with E-state index in [-0.39, 0.29) is 0 Å². The maximum Gasteiger partial charge on any atom is 0.0313 e. The van der Waals surface area contributed by atoms with Crippen molar-refractivity contribution >= 4 is 85.3 Å². The lowest BCUT2D eigenvalue weighted by atomic mass is 11.8. The zero-order chi connectivity index (χ0) is 30.0. The predicted octanol–water partition coefficient (Wildman–Crippen LogP) is 9.44. The van der Waals surface area contributed by atoms with Crippen molar-refractivity contribution in [1.82, 2.24) is 0 Å². The molecular formula is C24H72Si12. The van der Waals surface area contributed by atoms with Gasteiger partial charge in [0.15, 0.2) is 0 Å². The Labute approximate surface area is 240 Å². The molecule has 0 aliphatic carbocycles. The zero-order valence-electron chi connectivity index (χ0n) is 30.0. The summed E-state index contributed by atoms with van der Waals surface area (Å²) in [7, 11) is -12.1. The lowest BCUT2D eigenvalue weighted by Gasteiger charge is -2.72. The van der Waals surface area contributed by atoms with Crippen molar-refractivity contribution in [2.24, 2.45) is 0 Å². The van der Waals surface area contributed by atoms with E-state index in [4.69, 9.17) is 0 Å². The van der Waals surface area contributed by atoms with Gasteiger partial charge in [-0.3, -0.25) is 0 Å². The standard InChI is InChI=1S/C24H72Si12/c1-25(2,3)35(26(4,5)6,27(7,8)9)32(20,21)34(24)30(16,17)31(18,19)36(28(10,11)12,29(13,14)15)33(34,22)23/h1-24H3/t34-/m1/s1. The van der Waals surface area contributed by atoms with Gasteiger partial charge in [0.2, 0.25) is 0 Å². The fourth-order valence-corrected chi connectivity index (χ4v) is 757. The summed E-state index contributed by atoms with van der Waals surface area (Å²) < 4.78 is 0. The maximum absolute atomic E-state index is 3.27. The van der Waals surface area contributed by atoms with Crippen LogP contribution in [0.4, 0.5) is 0 Å². The van der Waals surface area contributed by atoms with Crippen LogP contribution in [0.1, 0.15) is 0 Å². The molecule has 0 aromatic rings. The molecule has 0 aromatic carbocycles. The molecule has 0 bridgehead atoms. The predicted molar refractivity (Wildman–Crippen MR) is 210 cm³/mol. The average Bonchev–Trinajstić information content (AvgIpc) is 2.52. The first-order chi connectivity index (χ1) is 15.0. The fraction of sp³-hybridized carbons (Fsp3) is 1.00. The summed E-state index contributed by atoms with van der Waals surface area (Å²) in [6.07, 6.45) is -2.77. The third-order valence-electron chi connectivity index (χ3n) is 13.8. The number of hydrogen-bond donors (Lipinski definition) is 0. The van der Waals surface area contributed by atoms with Gasteiger partial charge in [0.25, 0.3) is 0 Å². The summed E-state index contributed by atoms with van der Waals surface area (Å²) in [6, 6.07) is 0. The Morgan fingerprint density at radius 3 is 0.750 bits per heavy atom. The Morgan fingerprint density at radius 1 is 0.333 bits per heavy atom. The molecule has 1 atom stereocenters. The van der Waals surface area contributed by atoms with Crippen LogP contribution in [0.25, 0.3) is 0 Å². The normalized spacial score (nSPS) is 27.3. The fourth-order valence-electron chi connectivity index (χ4n) is 16.0. The smallest absolute Gasteiger partial charge is 0.0313 e. The van der Waals surface area contributed by atoms with Crippen LogP contribution in [0.2, 0.25) is 157 Å². The Hall–Kier alpha value is 2.60. The summed E-state index contributed by atoms with van der Waals surface area (Å²) in [4.78, 5) is 0. The van der Waals surface area contributed by atoms with E-state index in [1.807, 2.05) is 0 Å². The first-order valence-corrected chi connectivity index (χ1v) is 63.0. The van der Waals surface area contributed by atoms with Crippen LogP contribution in [-0.4, -0.2) is 85.3 Å². The molecule has 216 valence electrons. The second kappa shape index (κ2) is 9.05. The molecule has 36 heavy (non-hydrogen) atoms. The lowest BCUT2D eigenvalue weighted by molar-refractivity contribution is 1.74. The van der Waals surface area contributed by atoms with E-state index < -0.39 is 85.3 Å². The molecule has 0 nitrogen and oxygen atoms in total. The van der Waals surface area contributed by atoms with Gasteiger partial charge in [-0.15, -0.1) is 0 Å². The monoisotopic (exact) mass is 696 g/mol. The first-order valence-electron chi connectivity index (χ1n) is 15.0. The second-order valence-corrected chi connectivity index (χ2v) is 169. The Kier molecular flexibility index (Phi) is 9.21. The van der Waals surface area contributed by atoms with Crippen LogP contribution >= 0.6 is 0 Å². The molecule has 1 heterocycles. The largest absolute Gasteiger partial charge is 0.0753 e. The van der Waals surface area contributed by atoms with Gasteiger partial charge < -0.3 is 0 Å². The van der Waals surface area contributed by atoms with Crippen molar-refractivity contribution in [1.29, 1.82) is 0 Å². The van der Waals surface area contributed by atoms with Crippen LogP contribution < -0.4 is 0 Å². The summed E-state index contributed by atoms with van der Waals surface area (Å²) in [5, 5.41) is 0. The minimum absolute atomic E-state index is 1.27. The molecule has 0 unspecified atom stereocenters. The molecule has 1 aliphatic heterocycles. The zero-order valence-corrected chi connectivity index (χ0v) is 42.0. The third kappa shape index (κ3) is 3.79. The molecule has 0 amide bonds. The molecule has 0 saturated carbocycles. The second-order valence-electron chi connectivity index (χ2n) is 20.4. The molecular weight excluding hydrogens is 625 g/mol. The SMILES string of the molecule is C[Si](C)(C)[Si]([Si](C)(C)C)([Si](C)(C)C)[Si](C)(C)[Si@@]1(C)[Si](C)(C)[Si](C)(C)[Si]([Si](C)(C)C)([Si](C)(C)C)[Si]1(C)C. The van der Waals surface area contributed by atoms with Crippen molar-refractivity contribution < 1.29 is 0 Å². The van der Waals surface area contributed by atoms with Crippen LogP contribution in [0.5, 0.6) is 0 Å². The van der Waals surface area contributed by atoms with Crippen LogP contribution in [0.15, 0.2) is 0 Å². The molecule has 1 rings (SSSR count). The highest BCUT2D eigenvalue weighted by Gasteiger charge is 2.90. The van der Waals surface area contributed by atoms with Crippen LogP contribution in [0.3, 0.4) is 0 Å². The Balaban J connectivity index is 4.70. The number of rotatable bonds is 7. The van der Waals surface area contributed by atoms with E-state index in [0.29, 0.717) is 0 Å². The molecule has 1 saturated heterocycles. The molecule has 12 heteroatoms. The molecule has 1 aliphatic rings. The lowest BCUT2D eigenvalue weighted by Crippen LogP contribution is -3.02. The van der Waals surface area contributed by atoms with Gasteiger partial charge in [0.05, 0.1) is 0 Å². The molecule has 0 aromatic heterocycles. The van der Waals surface area contributed by atoms with E-state index in [1.165, 1.54) is 0 Å². The van der Waals surface area contributed by atoms with E-state index >= 15 is 0 Å². The molecule has 0 spiro atoms. The van der Waals surface area contributed by atoms with Gasteiger partial charge in [-0.1, -0.05) is 157 Å². The van der Waals surface area contributed by atoms with Crippen molar-refractivity contribution in [3.05, 3.63) is 0 Å². The highest BCUT2D eigenvalue weighted by atomic mass is 30.5. The van der Waals surface area contributed by atoms with Crippen molar-refractivity contribution in [3.63, 3.8) is 0 Å². The number of hydrogen-bond acceptors (Lipinski definition) is 0. The van der Waals surface area contributed by atoms with Gasteiger partial charge in [-0.25, -0.2) is 0 Å². The summed E-state index contributed by atoms with van der Waals surface area (Å²) >= 11 is 0. The van der Waals surface area contributed by atoms with E-state index in [1.54, 1.807) is 0 Å². The highest BCUT2D eigenvalue weighted by Crippen LogP contribution is 2.62. The van der Waals surface area contributed by atoms with Gasteiger partial charge >= 0.3 is 0 Å². The van der Waals surface area contributed by atoms with E-state index in [9.17, 15) is 0 Å². The summed E-state index contributed by atoms with van der Waals surface area (Å²) in [5.41, 5.74) is 0. The minimum atomic E-state index is -1.49. The average molecular weight is 698 g/mol. The van der Waals surface area contributed by atoms with Crippen molar-refractivity contribution in [2.75, 3.05) is 0 Å². The van der Waals surface area contributed by atoms with Gasteiger partial charge in [0, 0.05) is 85.3 Å². The highest BCUT2D eigenvalue weighted by molar-refractivity contribution is 8.38. The molecule has 0 N–H and O–H groups in total. The van der Waals surface area contributed by atoms with Gasteiger partial charge in [0.1, 0.15) is 0 Å².